The van der Waals surface area contributed by atoms with E-state index in [1.807, 2.05) is 36.4 Å². The average molecular weight is 324 g/mol. The molecule has 1 saturated carbocycles. The lowest BCUT2D eigenvalue weighted by molar-refractivity contribution is 0.106. The minimum Gasteiger partial charge on any atom is -0.282 e. The summed E-state index contributed by atoms with van der Waals surface area (Å²) in [6.45, 7) is 0. The van der Waals surface area contributed by atoms with E-state index in [1.165, 1.54) is 34.7 Å². The van der Waals surface area contributed by atoms with Crippen molar-refractivity contribution < 1.29 is 9.59 Å². The third-order valence-electron chi connectivity index (χ3n) is 4.98. The van der Waals surface area contributed by atoms with Crippen molar-refractivity contribution in [2.75, 3.05) is 0 Å². The van der Waals surface area contributed by atoms with Gasteiger partial charge < -0.3 is 0 Å². The summed E-state index contributed by atoms with van der Waals surface area (Å²) < 4.78 is 0. The van der Waals surface area contributed by atoms with Crippen LogP contribution in [0.5, 0.6) is 0 Å². The maximum absolute atomic E-state index is 12.3. The molecule has 4 heteroatoms. The van der Waals surface area contributed by atoms with Crippen molar-refractivity contribution in [2.24, 2.45) is 0 Å². The molecule has 0 unspecified atom stereocenters. The standard InChI is InChI=1S/C18H12O2S2/c19-17-11-7-3-1-5-9(11)13-14-10-6-2-4-8-12(10)18(20)22-16(14)15(13)21-17/h1-8,13-16H/t13-,14+,15-,16+. The fourth-order valence-electron chi connectivity index (χ4n) is 4.01. The first-order valence-corrected chi connectivity index (χ1v) is 9.11. The summed E-state index contributed by atoms with van der Waals surface area (Å²) in [6.07, 6.45) is 0. The van der Waals surface area contributed by atoms with Crippen molar-refractivity contribution in [1.82, 2.24) is 0 Å². The van der Waals surface area contributed by atoms with Crippen molar-refractivity contribution in [1.29, 1.82) is 0 Å². The molecular formula is C18H12O2S2. The van der Waals surface area contributed by atoms with Gasteiger partial charge in [0.15, 0.2) is 0 Å². The van der Waals surface area contributed by atoms with Crippen molar-refractivity contribution in [3.63, 3.8) is 0 Å². The van der Waals surface area contributed by atoms with Crippen LogP contribution in [0, 0.1) is 0 Å². The molecule has 2 nitrogen and oxygen atoms in total. The summed E-state index contributed by atoms with van der Waals surface area (Å²) in [5.74, 6) is 0.705. The quantitative estimate of drug-likeness (QED) is 0.731. The van der Waals surface area contributed by atoms with Crippen LogP contribution in [0.1, 0.15) is 43.7 Å². The van der Waals surface area contributed by atoms with Gasteiger partial charge in [-0.15, -0.1) is 0 Å². The zero-order valence-corrected chi connectivity index (χ0v) is 13.2. The van der Waals surface area contributed by atoms with Crippen molar-refractivity contribution >= 4 is 33.8 Å². The van der Waals surface area contributed by atoms with Crippen LogP contribution in [0.2, 0.25) is 0 Å². The molecule has 0 saturated heterocycles. The molecule has 0 bridgehead atoms. The van der Waals surface area contributed by atoms with E-state index in [0.717, 1.165) is 11.1 Å². The third kappa shape index (κ3) is 1.54. The van der Waals surface area contributed by atoms with E-state index in [2.05, 4.69) is 12.1 Å². The number of hydrogen-bond acceptors (Lipinski definition) is 4. The summed E-state index contributed by atoms with van der Waals surface area (Å²) >= 11 is 2.86. The average Bonchev–Trinajstić information content (AvgIpc) is 2.54. The molecule has 1 fully saturated rings. The topological polar surface area (TPSA) is 34.1 Å². The number of benzene rings is 2. The Hall–Kier alpha value is -1.52. The first kappa shape index (κ1) is 13.0. The van der Waals surface area contributed by atoms with Gasteiger partial charge in [-0.05, 0) is 11.1 Å². The molecule has 0 N–H and O–H groups in total. The van der Waals surface area contributed by atoms with Crippen molar-refractivity contribution in [3.05, 3.63) is 70.8 Å². The van der Waals surface area contributed by atoms with E-state index in [9.17, 15) is 9.59 Å². The summed E-state index contributed by atoms with van der Waals surface area (Å²) in [6, 6.07) is 15.9. The SMILES string of the molecule is O=C1S[C@@H]2[C@@H]3SC(=O)c4ccccc4[C@@H]3[C@@H]2c2ccccc21. The zero-order chi connectivity index (χ0) is 14.8. The lowest BCUT2D eigenvalue weighted by Gasteiger charge is -2.55. The van der Waals surface area contributed by atoms with Gasteiger partial charge in [-0.3, -0.25) is 9.59 Å². The predicted molar refractivity (Wildman–Crippen MR) is 89.8 cm³/mol. The van der Waals surface area contributed by atoms with Gasteiger partial charge in [0.1, 0.15) is 0 Å². The molecule has 0 radical (unpaired) electrons. The predicted octanol–water partition coefficient (Wildman–Crippen LogP) is 4.08. The molecule has 2 aliphatic heterocycles. The molecule has 0 aromatic heterocycles. The third-order valence-corrected chi connectivity index (χ3v) is 7.74. The number of carbonyl (C=O) groups is 2. The van der Waals surface area contributed by atoms with Gasteiger partial charge in [0.2, 0.25) is 10.2 Å². The Balaban J connectivity index is 1.69. The first-order chi connectivity index (χ1) is 10.8. The second-order valence-corrected chi connectivity index (χ2v) is 8.27. The summed E-state index contributed by atoms with van der Waals surface area (Å²) in [5, 5.41) is 0.772. The smallest absolute Gasteiger partial charge is 0.219 e. The molecule has 0 spiro atoms. The van der Waals surface area contributed by atoms with Crippen LogP contribution in [-0.4, -0.2) is 20.7 Å². The van der Waals surface area contributed by atoms with Crippen molar-refractivity contribution in [2.45, 2.75) is 22.3 Å². The first-order valence-electron chi connectivity index (χ1n) is 7.35. The molecule has 108 valence electrons. The molecule has 2 aromatic rings. The largest absolute Gasteiger partial charge is 0.282 e. The Labute approximate surface area is 136 Å². The lowest BCUT2D eigenvalue weighted by atomic mass is 9.64. The van der Waals surface area contributed by atoms with Gasteiger partial charge in [-0.1, -0.05) is 72.1 Å². The maximum Gasteiger partial charge on any atom is 0.219 e. The number of rotatable bonds is 0. The summed E-state index contributed by atoms with van der Waals surface area (Å²) in [7, 11) is 0. The number of thioether (sulfide) groups is 2. The second kappa shape index (κ2) is 4.49. The highest BCUT2D eigenvalue weighted by molar-refractivity contribution is 8.18. The molecular weight excluding hydrogens is 312 g/mol. The fourth-order valence-corrected chi connectivity index (χ4v) is 7.00. The molecule has 0 amide bonds. The Bertz CT molecular complexity index is 760. The highest BCUT2D eigenvalue weighted by Gasteiger charge is 2.59. The monoisotopic (exact) mass is 324 g/mol. The number of hydrogen-bond donors (Lipinski definition) is 0. The molecule has 2 heterocycles. The van der Waals surface area contributed by atoms with Gasteiger partial charge in [-0.2, -0.15) is 0 Å². The highest BCUT2D eigenvalue weighted by Crippen LogP contribution is 2.64. The molecule has 5 rings (SSSR count). The van der Waals surface area contributed by atoms with Crippen LogP contribution >= 0.6 is 23.5 Å². The maximum atomic E-state index is 12.3. The van der Waals surface area contributed by atoms with Crippen LogP contribution in [0.15, 0.2) is 48.5 Å². The zero-order valence-electron chi connectivity index (χ0n) is 11.6. The molecule has 4 atom stereocenters. The van der Waals surface area contributed by atoms with Crippen LogP contribution in [0.4, 0.5) is 0 Å². The lowest BCUT2D eigenvalue weighted by Crippen LogP contribution is -2.53. The number of fused-ring (bicyclic) bond motifs is 8. The van der Waals surface area contributed by atoms with Gasteiger partial charge in [0.05, 0.1) is 0 Å². The Morgan fingerprint density at radius 2 is 1.05 bits per heavy atom. The Morgan fingerprint density at radius 1 is 0.636 bits per heavy atom. The Kier molecular flexibility index (Phi) is 2.65. The van der Waals surface area contributed by atoms with Crippen LogP contribution < -0.4 is 0 Å². The molecule has 2 aromatic carbocycles. The summed E-state index contributed by atoms with van der Waals surface area (Å²) in [4.78, 5) is 24.7. The van der Waals surface area contributed by atoms with Gasteiger partial charge in [0, 0.05) is 33.5 Å². The fraction of sp³-hybridized carbons (Fsp3) is 0.222. The molecule has 22 heavy (non-hydrogen) atoms. The van der Waals surface area contributed by atoms with Gasteiger partial charge in [-0.25, -0.2) is 0 Å². The van der Waals surface area contributed by atoms with Crippen LogP contribution in [0.25, 0.3) is 0 Å². The number of carbonyl (C=O) groups excluding carboxylic acids is 2. The van der Waals surface area contributed by atoms with Gasteiger partial charge >= 0.3 is 0 Å². The van der Waals surface area contributed by atoms with E-state index in [1.54, 1.807) is 0 Å². The van der Waals surface area contributed by atoms with E-state index in [4.69, 9.17) is 0 Å². The van der Waals surface area contributed by atoms with E-state index < -0.39 is 0 Å². The van der Waals surface area contributed by atoms with Gasteiger partial charge in [0.25, 0.3) is 0 Å². The van der Waals surface area contributed by atoms with Crippen LogP contribution in [-0.2, 0) is 0 Å². The minimum atomic E-state index is 0.155. The second-order valence-electron chi connectivity index (χ2n) is 5.97. The minimum absolute atomic E-state index is 0.155. The van der Waals surface area contributed by atoms with Crippen molar-refractivity contribution in [3.8, 4) is 0 Å². The van der Waals surface area contributed by atoms with E-state index >= 15 is 0 Å². The van der Waals surface area contributed by atoms with Crippen LogP contribution in [0.3, 0.4) is 0 Å². The Morgan fingerprint density at radius 3 is 1.50 bits per heavy atom. The highest BCUT2D eigenvalue weighted by atomic mass is 32.2. The molecule has 3 aliphatic rings. The normalized spacial score (nSPS) is 31.5. The van der Waals surface area contributed by atoms with E-state index in [0.29, 0.717) is 11.8 Å². The summed E-state index contributed by atoms with van der Waals surface area (Å²) in [5.41, 5.74) is 4.04. The molecule has 1 aliphatic carbocycles. The van der Waals surface area contributed by atoms with E-state index in [-0.39, 0.29) is 20.7 Å².